The van der Waals surface area contributed by atoms with Gasteiger partial charge >= 0.3 is 5.97 Å². The van der Waals surface area contributed by atoms with Crippen molar-refractivity contribution in [2.45, 2.75) is 0 Å². The molecular formula is C14H12Cl2N2O5. The number of esters is 1. The van der Waals surface area contributed by atoms with Gasteiger partial charge in [-0.05, 0) is 12.1 Å². The highest BCUT2D eigenvalue weighted by atomic mass is 35.5. The van der Waals surface area contributed by atoms with Crippen molar-refractivity contribution < 1.29 is 24.2 Å². The average molecular weight is 359 g/mol. The number of aliphatic hydroxyl groups is 1. The molecule has 122 valence electrons. The van der Waals surface area contributed by atoms with Crippen LogP contribution in [0.5, 0.6) is 0 Å². The van der Waals surface area contributed by atoms with Crippen LogP contribution in [0, 0.1) is 0 Å². The molecule has 2 N–H and O–H groups in total. The van der Waals surface area contributed by atoms with E-state index in [-0.39, 0.29) is 40.1 Å². The highest BCUT2D eigenvalue weighted by Gasteiger charge is 2.31. The Morgan fingerprint density at radius 3 is 2.57 bits per heavy atom. The minimum atomic E-state index is -0.685. The molecule has 0 aromatic heterocycles. The van der Waals surface area contributed by atoms with Gasteiger partial charge in [0.2, 0.25) is 0 Å². The molecule has 0 spiro atoms. The normalized spacial score (nSPS) is 14.1. The van der Waals surface area contributed by atoms with Crippen LogP contribution in [0.25, 0.3) is 0 Å². The fourth-order valence-corrected chi connectivity index (χ4v) is 2.31. The zero-order valence-electron chi connectivity index (χ0n) is 11.9. The number of nitrogens with zero attached hydrogens (tertiary/aromatic N) is 1. The van der Waals surface area contributed by atoms with Gasteiger partial charge in [-0.2, -0.15) is 0 Å². The molecule has 0 atom stereocenters. The molecule has 7 nitrogen and oxygen atoms in total. The molecule has 1 aromatic carbocycles. The summed E-state index contributed by atoms with van der Waals surface area (Å²) in [6.07, 6.45) is 1.07. The lowest BCUT2D eigenvalue weighted by molar-refractivity contribution is -0.137. The van der Waals surface area contributed by atoms with Gasteiger partial charge in [0.05, 0.1) is 41.6 Å². The summed E-state index contributed by atoms with van der Waals surface area (Å²) in [4.78, 5) is 36.5. The number of rotatable bonds is 5. The van der Waals surface area contributed by atoms with E-state index in [1.807, 2.05) is 0 Å². The summed E-state index contributed by atoms with van der Waals surface area (Å²) in [5.74, 6) is -1.87. The van der Waals surface area contributed by atoms with E-state index >= 15 is 0 Å². The van der Waals surface area contributed by atoms with Crippen LogP contribution in [0.2, 0.25) is 10.0 Å². The second-order valence-electron chi connectivity index (χ2n) is 4.51. The summed E-state index contributed by atoms with van der Waals surface area (Å²) in [5.41, 5.74) is 0.181. The number of ether oxygens (including phenoxy) is 1. The van der Waals surface area contributed by atoms with Crippen molar-refractivity contribution >= 4 is 46.7 Å². The lowest BCUT2D eigenvalue weighted by Crippen LogP contribution is -2.34. The molecule has 0 bridgehead atoms. The molecule has 23 heavy (non-hydrogen) atoms. The lowest BCUT2D eigenvalue weighted by atomic mass is 10.1. The minimum absolute atomic E-state index is 0.0491. The number of carbonyl (C=O) groups excluding carboxylic acids is 3. The first-order valence-corrected chi connectivity index (χ1v) is 7.17. The van der Waals surface area contributed by atoms with Gasteiger partial charge in [-0.1, -0.05) is 23.2 Å². The number of halogens is 2. The fourth-order valence-electron chi connectivity index (χ4n) is 1.98. The van der Waals surface area contributed by atoms with Crippen LogP contribution in [0.4, 0.5) is 5.69 Å². The zero-order valence-corrected chi connectivity index (χ0v) is 13.4. The highest BCUT2D eigenvalue weighted by Crippen LogP contribution is 2.31. The Hall–Kier alpha value is -2.09. The van der Waals surface area contributed by atoms with Gasteiger partial charge in [0.1, 0.15) is 5.70 Å². The molecule has 9 heteroatoms. The van der Waals surface area contributed by atoms with Crippen LogP contribution >= 0.6 is 23.2 Å². The van der Waals surface area contributed by atoms with Gasteiger partial charge in [0.15, 0.2) is 0 Å². The molecule has 1 aliphatic rings. The fraction of sp³-hybridized carbons (Fsp3) is 0.214. The van der Waals surface area contributed by atoms with Gasteiger partial charge in [-0.3, -0.25) is 14.5 Å². The van der Waals surface area contributed by atoms with E-state index in [0.29, 0.717) is 0 Å². The largest absolute Gasteiger partial charge is 0.465 e. The minimum Gasteiger partial charge on any atom is -0.465 e. The van der Waals surface area contributed by atoms with Crippen LogP contribution in [0.1, 0.15) is 10.4 Å². The van der Waals surface area contributed by atoms with Crippen LogP contribution in [-0.2, 0) is 14.3 Å². The third kappa shape index (κ3) is 3.47. The molecule has 2 amide bonds. The number of methoxy groups -OCH3 is 1. The monoisotopic (exact) mass is 358 g/mol. The summed E-state index contributed by atoms with van der Waals surface area (Å²) in [7, 11) is 1.20. The highest BCUT2D eigenvalue weighted by molar-refractivity contribution is 6.42. The molecule has 0 radical (unpaired) electrons. The van der Waals surface area contributed by atoms with E-state index in [9.17, 15) is 14.4 Å². The molecule has 0 unspecified atom stereocenters. The summed E-state index contributed by atoms with van der Waals surface area (Å²) in [6, 6.07) is 2.65. The topological polar surface area (TPSA) is 95.9 Å². The van der Waals surface area contributed by atoms with Crippen molar-refractivity contribution in [1.82, 2.24) is 4.90 Å². The maximum absolute atomic E-state index is 12.1. The predicted octanol–water partition coefficient (Wildman–Crippen LogP) is 1.44. The second kappa shape index (κ2) is 6.99. The van der Waals surface area contributed by atoms with Gasteiger partial charge in [0.25, 0.3) is 11.8 Å². The molecule has 0 fully saturated rings. The van der Waals surface area contributed by atoms with Crippen molar-refractivity contribution in [2.75, 3.05) is 25.6 Å². The van der Waals surface area contributed by atoms with Crippen molar-refractivity contribution in [3.8, 4) is 0 Å². The Morgan fingerprint density at radius 2 is 1.96 bits per heavy atom. The number of hydrogen-bond donors (Lipinski definition) is 2. The van der Waals surface area contributed by atoms with Crippen LogP contribution in [0.15, 0.2) is 23.9 Å². The molecule has 1 aromatic rings. The van der Waals surface area contributed by atoms with Crippen molar-refractivity contribution in [3.05, 3.63) is 39.5 Å². The quantitative estimate of drug-likeness (QED) is 0.610. The van der Waals surface area contributed by atoms with Gasteiger partial charge < -0.3 is 15.2 Å². The van der Waals surface area contributed by atoms with Gasteiger partial charge in [0, 0.05) is 6.08 Å². The maximum Gasteiger partial charge on any atom is 0.340 e. The van der Waals surface area contributed by atoms with Crippen LogP contribution < -0.4 is 5.32 Å². The Labute approximate surface area is 141 Å². The van der Waals surface area contributed by atoms with Crippen LogP contribution in [-0.4, -0.2) is 48.1 Å². The SMILES string of the molecule is COC(=O)c1cc(Cl)c(Cl)cc1NC1=CC(=O)N(CCO)C1=O. The molecule has 0 saturated heterocycles. The summed E-state index contributed by atoms with van der Waals surface area (Å²) in [5, 5.41) is 11.9. The number of hydrogen-bond acceptors (Lipinski definition) is 6. The molecule has 0 saturated carbocycles. The van der Waals surface area contributed by atoms with E-state index in [0.717, 1.165) is 11.0 Å². The first-order valence-electron chi connectivity index (χ1n) is 6.41. The summed E-state index contributed by atoms with van der Waals surface area (Å²) in [6.45, 7) is -0.469. The Bertz CT molecular complexity index is 717. The molecule has 1 heterocycles. The lowest BCUT2D eigenvalue weighted by Gasteiger charge is -2.15. The number of carbonyl (C=O) groups is 3. The maximum atomic E-state index is 12.1. The third-order valence-corrected chi connectivity index (χ3v) is 3.79. The number of nitrogens with one attached hydrogen (secondary N) is 1. The Balaban J connectivity index is 2.35. The van der Waals surface area contributed by atoms with Crippen molar-refractivity contribution in [2.24, 2.45) is 0 Å². The standard InChI is InChI=1S/C14H12Cl2N2O5/c1-23-14(22)7-4-8(15)9(16)5-10(7)17-11-6-12(20)18(2-3-19)13(11)21/h4-6,17,19H,2-3H2,1H3. The van der Waals surface area contributed by atoms with Crippen molar-refractivity contribution in [3.63, 3.8) is 0 Å². The molecule has 1 aliphatic heterocycles. The van der Waals surface area contributed by atoms with Crippen LogP contribution in [0.3, 0.4) is 0 Å². The number of aliphatic hydroxyl groups excluding tert-OH is 1. The number of anilines is 1. The van der Waals surface area contributed by atoms with E-state index < -0.39 is 17.8 Å². The van der Waals surface area contributed by atoms with E-state index in [1.165, 1.54) is 19.2 Å². The first-order chi connectivity index (χ1) is 10.9. The molecule has 0 aliphatic carbocycles. The third-order valence-electron chi connectivity index (χ3n) is 3.07. The van der Waals surface area contributed by atoms with Crippen molar-refractivity contribution in [1.29, 1.82) is 0 Å². The summed E-state index contributed by atoms with van der Waals surface area (Å²) >= 11 is 11.8. The number of benzene rings is 1. The predicted molar refractivity (Wildman–Crippen MR) is 83.3 cm³/mol. The van der Waals surface area contributed by atoms with Gasteiger partial charge in [-0.25, -0.2) is 4.79 Å². The second-order valence-corrected chi connectivity index (χ2v) is 5.32. The Morgan fingerprint density at radius 1 is 1.30 bits per heavy atom. The van der Waals surface area contributed by atoms with E-state index in [2.05, 4.69) is 10.1 Å². The smallest absolute Gasteiger partial charge is 0.340 e. The number of β-amino-alcohol motifs (C(OH)–C–C–N with tert-alkyl or cyclic N) is 1. The first kappa shape index (κ1) is 17.3. The average Bonchev–Trinajstić information content (AvgIpc) is 2.78. The molecule has 2 rings (SSSR count). The van der Waals surface area contributed by atoms with E-state index in [1.54, 1.807) is 0 Å². The van der Waals surface area contributed by atoms with E-state index in [4.69, 9.17) is 28.3 Å². The zero-order chi connectivity index (χ0) is 17.1. The number of amides is 2. The molecular weight excluding hydrogens is 347 g/mol. The Kier molecular flexibility index (Phi) is 5.25. The summed E-state index contributed by atoms with van der Waals surface area (Å²) < 4.78 is 4.65. The number of imide groups is 1. The van der Waals surface area contributed by atoms with Gasteiger partial charge in [-0.15, -0.1) is 0 Å².